The Morgan fingerprint density at radius 2 is 2.00 bits per heavy atom. The Labute approximate surface area is 57.8 Å². The molecule has 0 aromatic rings. The van der Waals surface area contributed by atoms with Gasteiger partial charge in [-0.1, -0.05) is 0 Å². The van der Waals surface area contributed by atoms with Crippen molar-refractivity contribution in [2.75, 3.05) is 13.1 Å². The van der Waals surface area contributed by atoms with Crippen LogP contribution in [-0.2, 0) is 4.74 Å². The third kappa shape index (κ3) is 0.914. The lowest BCUT2D eigenvalue weighted by Gasteiger charge is -2.37. The molecule has 0 spiro atoms. The van der Waals surface area contributed by atoms with Gasteiger partial charge in [-0.15, -0.1) is 0 Å². The summed E-state index contributed by atoms with van der Waals surface area (Å²) in [4.78, 5) is 1.66. The first-order valence-electron chi connectivity index (χ1n) is 3.36. The van der Waals surface area contributed by atoms with Crippen molar-refractivity contribution in [3.8, 4) is 0 Å². The second-order valence-corrected chi connectivity index (χ2v) is 2.99. The van der Waals surface area contributed by atoms with Gasteiger partial charge in [0.1, 0.15) is 6.23 Å². The Bertz CT molecular complexity index is 154. The number of halogens is 2. The average molecular weight is 149 g/mol. The second kappa shape index (κ2) is 1.68. The molecule has 4 heteroatoms. The Morgan fingerprint density at radius 3 is 2.30 bits per heavy atom. The normalized spacial score (nSPS) is 44.7. The summed E-state index contributed by atoms with van der Waals surface area (Å²) in [6, 6.07) is 0. The summed E-state index contributed by atoms with van der Waals surface area (Å²) in [5.41, 5.74) is 0. The van der Waals surface area contributed by atoms with Crippen LogP contribution in [0.2, 0.25) is 0 Å². The van der Waals surface area contributed by atoms with E-state index in [1.54, 1.807) is 4.90 Å². The van der Waals surface area contributed by atoms with Gasteiger partial charge in [0.05, 0.1) is 19.2 Å². The van der Waals surface area contributed by atoms with Crippen molar-refractivity contribution in [3.63, 3.8) is 0 Å². The Balaban J connectivity index is 1.81. The third-order valence-corrected chi connectivity index (χ3v) is 1.91. The Hall–Kier alpha value is -0.220. The molecule has 0 saturated carbocycles. The number of epoxide rings is 1. The van der Waals surface area contributed by atoms with E-state index in [2.05, 4.69) is 0 Å². The van der Waals surface area contributed by atoms with Crippen LogP contribution in [0.25, 0.3) is 0 Å². The molecule has 2 nitrogen and oxygen atoms in total. The Kier molecular flexibility index (Phi) is 1.09. The van der Waals surface area contributed by atoms with E-state index < -0.39 is 5.92 Å². The molecule has 0 amide bonds. The van der Waals surface area contributed by atoms with E-state index >= 15 is 0 Å². The van der Waals surface area contributed by atoms with Crippen molar-refractivity contribution in [1.82, 2.24) is 4.90 Å². The highest BCUT2D eigenvalue weighted by Gasteiger charge is 2.53. The molecule has 2 unspecified atom stereocenters. The lowest BCUT2D eigenvalue weighted by Crippen LogP contribution is -2.57. The lowest BCUT2D eigenvalue weighted by atomic mass is 10.1. The predicted molar refractivity (Wildman–Crippen MR) is 30.9 cm³/mol. The van der Waals surface area contributed by atoms with Crippen LogP contribution in [0.3, 0.4) is 0 Å². The molecule has 58 valence electrons. The van der Waals surface area contributed by atoms with Gasteiger partial charge in [-0.3, -0.25) is 4.90 Å². The van der Waals surface area contributed by atoms with Crippen molar-refractivity contribution in [1.29, 1.82) is 0 Å². The van der Waals surface area contributed by atoms with Crippen LogP contribution in [0, 0.1) is 0 Å². The van der Waals surface area contributed by atoms with Gasteiger partial charge < -0.3 is 4.74 Å². The molecular weight excluding hydrogens is 140 g/mol. The first kappa shape index (κ1) is 6.49. The van der Waals surface area contributed by atoms with Gasteiger partial charge in [0, 0.05) is 0 Å². The van der Waals surface area contributed by atoms with Crippen LogP contribution in [0.15, 0.2) is 0 Å². The van der Waals surface area contributed by atoms with Gasteiger partial charge in [-0.25, -0.2) is 8.78 Å². The monoisotopic (exact) mass is 149 g/mol. The molecule has 0 bridgehead atoms. The summed E-state index contributed by atoms with van der Waals surface area (Å²) in [5.74, 6) is -2.45. The molecule has 0 N–H and O–H groups in total. The quantitative estimate of drug-likeness (QED) is 0.509. The van der Waals surface area contributed by atoms with Crippen molar-refractivity contribution in [2.45, 2.75) is 25.2 Å². The third-order valence-electron chi connectivity index (χ3n) is 1.91. The number of likely N-dealkylation sites (tertiary alicyclic amines) is 1. The molecule has 2 aliphatic rings. The van der Waals surface area contributed by atoms with Crippen molar-refractivity contribution in [3.05, 3.63) is 0 Å². The van der Waals surface area contributed by atoms with Crippen molar-refractivity contribution < 1.29 is 13.5 Å². The van der Waals surface area contributed by atoms with E-state index in [9.17, 15) is 8.78 Å². The van der Waals surface area contributed by atoms with Crippen LogP contribution in [0.1, 0.15) is 6.92 Å². The summed E-state index contributed by atoms with van der Waals surface area (Å²) >= 11 is 0. The molecule has 0 radical (unpaired) electrons. The fourth-order valence-corrected chi connectivity index (χ4v) is 1.29. The highest BCUT2D eigenvalue weighted by atomic mass is 19.3. The van der Waals surface area contributed by atoms with E-state index in [1.807, 2.05) is 6.92 Å². The van der Waals surface area contributed by atoms with Crippen LogP contribution >= 0.6 is 0 Å². The lowest BCUT2D eigenvalue weighted by molar-refractivity contribution is -0.144. The summed E-state index contributed by atoms with van der Waals surface area (Å²) in [7, 11) is 0. The molecule has 2 aliphatic heterocycles. The van der Waals surface area contributed by atoms with E-state index in [0.29, 0.717) is 0 Å². The largest absolute Gasteiger partial charge is 0.353 e. The second-order valence-electron chi connectivity index (χ2n) is 2.99. The van der Waals surface area contributed by atoms with E-state index in [-0.39, 0.29) is 25.4 Å². The standard InChI is InChI=1S/C6H9F2NO/c1-4-5(10-4)9-2-6(7,8)3-9/h4-5H,2-3H2,1H3. The fourth-order valence-electron chi connectivity index (χ4n) is 1.29. The molecule has 0 aromatic carbocycles. The molecule has 2 heterocycles. The van der Waals surface area contributed by atoms with Crippen molar-refractivity contribution >= 4 is 0 Å². The molecule has 2 rings (SSSR count). The zero-order valence-corrected chi connectivity index (χ0v) is 5.68. The summed E-state index contributed by atoms with van der Waals surface area (Å²) < 4.78 is 29.4. The van der Waals surface area contributed by atoms with E-state index in [1.165, 1.54) is 0 Å². The number of rotatable bonds is 1. The van der Waals surface area contributed by atoms with Crippen LogP contribution < -0.4 is 0 Å². The Morgan fingerprint density at radius 1 is 1.50 bits per heavy atom. The molecule has 2 atom stereocenters. The number of alkyl halides is 2. The summed E-state index contributed by atoms with van der Waals surface area (Å²) in [6.07, 6.45) is 0.149. The fraction of sp³-hybridized carbons (Fsp3) is 1.00. The first-order chi connectivity index (χ1) is 4.58. The van der Waals surface area contributed by atoms with E-state index in [4.69, 9.17) is 4.74 Å². The highest BCUT2D eigenvalue weighted by molar-refractivity contribution is 4.94. The predicted octanol–water partition coefficient (Wildman–Crippen LogP) is 0.682. The highest BCUT2D eigenvalue weighted by Crippen LogP contribution is 2.35. The maximum Gasteiger partial charge on any atom is 0.273 e. The minimum Gasteiger partial charge on any atom is -0.353 e. The van der Waals surface area contributed by atoms with Gasteiger partial charge in [-0.2, -0.15) is 0 Å². The maximum atomic E-state index is 12.2. The number of hydrogen-bond donors (Lipinski definition) is 0. The topological polar surface area (TPSA) is 15.8 Å². The zero-order chi connectivity index (χ0) is 7.35. The molecule has 0 aliphatic carbocycles. The minimum absolute atomic E-state index is 0.0142. The first-order valence-corrected chi connectivity index (χ1v) is 3.36. The average Bonchev–Trinajstić information content (AvgIpc) is 2.40. The zero-order valence-electron chi connectivity index (χ0n) is 5.68. The summed E-state index contributed by atoms with van der Waals surface area (Å²) in [5, 5.41) is 0. The minimum atomic E-state index is -2.45. The van der Waals surface area contributed by atoms with E-state index in [0.717, 1.165) is 0 Å². The number of ether oxygens (including phenoxy) is 1. The molecular formula is C6H9F2NO. The molecule has 2 fully saturated rings. The van der Waals surface area contributed by atoms with Gasteiger partial charge in [0.15, 0.2) is 0 Å². The van der Waals surface area contributed by atoms with Gasteiger partial charge in [0.25, 0.3) is 5.92 Å². The molecule has 10 heavy (non-hydrogen) atoms. The van der Waals surface area contributed by atoms with Crippen LogP contribution in [0.4, 0.5) is 8.78 Å². The SMILES string of the molecule is CC1OC1N1CC(F)(F)C1. The van der Waals surface area contributed by atoms with Gasteiger partial charge in [0.2, 0.25) is 0 Å². The van der Waals surface area contributed by atoms with Crippen LogP contribution in [-0.4, -0.2) is 36.2 Å². The van der Waals surface area contributed by atoms with Crippen molar-refractivity contribution in [2.24, 2.45) is 0 Å². The number of hydrogen-bond acceptors (Lipinski definition) is 2. The number of nitrogens with zero attached hydrogens (tertiary/aromatic N) is 1. The van der Waals surface area contributed by atoms with Gasteiger partial charge >= 0.3 is 0 Å². The maximum absolute atomic E-state index is 12.2. The smallest absolute Gasteiger partial charge is 0.273 e. The summed E-state index contributed by atoms with van der Waals surface area (Å²) in [6.45, 7) is 1.64. The molecule has 2 saturated heterocycles. The molecule has 0 aromatic heterocycles. The van der Waals surface area contributed by atoms with Gasteiger partial charge in [-0.05, 0) is 6.92 Å². The van der Waals surface area contributed by atoms with Crippen LogP contribution in [0.5, 0.6) is 0 Å².